The third-order valence-electron chi connectivity index (χ3n) is 15.0. The average molecular weight is 871 g/mol. The van der Waals surface area contributed by atoms with E-state index in [1.54, 1.807) is 0 Å². The van der Waals surface area contributed by atoms with Crippen molar-refractivity contribution in [3.05, 3.63) is 254 Å². The average Bonchev–Trinajstić information content (AvgIpc) is 3.89. The number of aromatic nitrogens is 1. The summed E-state index contributed by atoms with van der Waals surface area (Å²) in [6.45, 7) is 0. The van der Waals surface area contributed by atoms with Gasteiger partial charge in [-0.05, 0) is 117 Å². The van der Waals surface area contributed by atoms with Crippen molar-refractivity contribution in [2.45, 2.75) is 37.5 Å². The third-order valence-corrected chi connectivity index (χ3v) is 15.0. The lowest BCUT2D eigenvalue weighted by Crippen LogP contribution is -2.28. The summed E-state index contributed by atoms with van der Waals surface area (Å²) in [6.07, 6.45) is 6.16. The molecule has 0 saturated heterocycles. The molecule has 1 saturated carbocycles. The quantitative estimate of drug-likeness (QED) is 0.148. The SMILES string of the molecule is c1ccc(-c2ccccc2-c2ccccc2-c2ccccc2N(c2cccc(-c3cccc4c5ccccc5n(-c5ccccc5)c34)c2)c2ccc3c(c2)C2(CCCCC2)c2ccccc2-3)cc1. The number of rotatable bonds is 8. The van der Waals surface area contributed by atoms with Crippen LogP contribution in [-0.2, 0) is 5.41 Å². The van der Waals surface area contributed by atoms with Crippen molar-refractivity contribution >= 4 is 38.9 Å². The molecule has 13 rings (SSSR count). The van der Waals surface area contributed by atoms with E-state index >= 15 is 0 Å². The Hall–Kier alpha value is -8.20. The summed E-state index contributed by atoms with van der Waals surface area (Å²) >= 11 is 0. The molecule has 2 aliphatic carbocycles. The van der Waals surface area contributed by atoms with Crippen LogP contribution < -0.4 is 4.90 Å². The second-order valence-corrected chi connectivity index (χ2v) is 18.7. The van der Waals surface area contributed by atoms with Crippen molar-refractivity contribution in [2.75, 3.05) is 4.90 Å². The van der Waals surface area contributed by atoms with Crippen LogP contribution in [0.5, 0.6) is 0 Å². The molecule has 1 heterocycles. The van der Waals surface area contributed by atoms with Crippen molar-refractivity contribution in [3.63, 3.8) is 0 Å². The van der Waals surface area contributed by atoms with E-state index in [-0.39, 0.29) is 5.41 Å². The van der Waals surface area contributed by atoms with Gasteiger partial charge < -0.3 is 9.47 Å². The van der Waals surface area contributed by atoms with Gasteiger partial charge in [0.25, 0.3) is 0 Å². The zero-order chi connectivity index (χ0) is 45.0. The molecule has 0 bridgehead atoms. The number of hydrogen-bond acceptors (Lipinski definition) is 1. The molecule has 324 valence electrons. The van der Waals surface area contributed by atoms with Crippen LogP contribution in [0.15, 0.2) is 243 Å². The molecule has 0 aliphatic heterocycles. The predicted octanol–water partition coefficient (Wildman–Crippen LogP) is 18.2. The minimum absolute atomic E-state index is 0.0153. The van der Waals surface area contributed by atoms with E-state index in [1.807, 2.05) is 0 Å². The third kappa shape index (κ3) is 6.47. The van der Waals surface area contributed by atoms with Crippen molar-refractivity contribution in [2.24, 2.45) is 0 Å². The highest BCUT2D eigenvalue weighted by Gasteiger charge is 2.44. The summed E-state index contributed by atoms with van der Waals surface area (Å²) in [6, 6.07) is 90.0. The van der Waals surface area contributed by atoms with Crippen LogP contribution in [0.3, 0.4) is 0 Å². The number of anilines is 3. The molecule has 1 aromatic heterocycles. The first kappa shape index (κ1) is 40.1. The second kappa shape index (κ2) is 16.6. The fraction of sp³-hybridized carbons (Fsp3) is 0.0909. The Bertz CT molecular complexity index is 3670. The number of hydrogen-bond donors (Lipinski definition) is 0. The maximum Gasteiger partial charge on any atom is 0.0619 e. The first-order valence-electron chi connectivity index (χ1n) is 24.3. The molecule has 1 fully saturated rings. The van der Waals surface area contributed by atoms with E-state index in [1.165, 1.54) is 126 Å². The molecule has 11 aromatic rings. The summed E-state index contributed by atoms with van der Waals surface area (Å²) < 4.78 is 2.45. The lowest BCUT2D eigenvalue weighted by Gasteiger charge is -2.37. The van der Waals surface area contributed by atoms with Crippen molar-refractivity contribution in [3.8, 4) is 61.3 Å². The highest BCUT2D eigenvalue weighted by molar-refractivity contribution is 6.14. The number of para-hydroxylation sites is 4. The maximum absolute atomic E-state index is 2.56. The molecule has 0 N–H and O–H groups in total. The minimum atomic E-state index is 0.0153. The molecule has 2 nitrogen and oxygen atoms in total. The van der Waals surface area contributed by atoms with Gasteiger partial charge in [-0.25, -0.2) is 0 Å². The van der Waals surface area contributed by atoms with E-state index in [9.17, 15) is 0 Å². The van der Waals surface area contributed by atoms with Gasteiger partial charge in [0.1, 0.15) is 0 Å². The predicted molar refractivity (Wildman–Crippen MR) is 287 cm³/mol. The van der Waals surface area contributed by atoms with Crippen molar-refractivity contribution < 1.29 is 0 Å². The monoisotopic (exact) mass is 870 g/mol. The Morgan fingerprint density at radius 1 is 0.338 bits per heavy atom. The number of benzene rings is 10. The smallest absolute Gasteiger partial charge is 0.0619 e. The Kier molecular flexibility index (Phi) is 9.79. The first-order chi connectivity index (χ1) is 33.7. The molecule has 10 aromatic carbocycles. The zero-order valence-electron chi connectivity index (χ0n) is 38.0. The first-order valence-corrected chi connectivity index (χ1v) is 24.3. The van der Waals surface area contributed by atoms with E-state index in [4.69, 9.17) is 0 Å². The summed E-state index contributed by atoms with van der Waals surface area (Å²) in [4.78, 5) is 2.55. The normalized spacial score (nSPS) is 13.7. The minimum Gasteiger partial charge on any atom is -0.310 e. The fourth-order valence-electron chi connectivity index (χ4n) is 12.0. The number of nitrogens with zero attached hydrogens (tertiary/aromatic N) is 2. The van der Waals surface area contributed by atoms with Gasteiger partial charge in [-0.2, -0.15) is 0 Å². The van der Waals surface area contributed by atoms with Gasteiger partial charge in [-0.3, -0.25) is 0 Å². The molecule has 68 heavy (non-hydrogen) atoms. The Labute approximate surface area is 399 Å². The standard InChI is InChI=1S/C66H50N2/c1-4-22-46(23-5-1)51-28-8-9-29-53(51)54-30-10-11-31-55(54)58-33-13-16-38-63(58)67(50-40-41-57-56-32-12-15-37-61(56)66(62(57)45-50)42-18-3-19-43-66)49-27-20-24-47(44-49)52-35-21-36-60-59-34-14-17-39-64(59)68(65(52)60)48-25-6-2-7-26-48/h1-2,4-17,20-41,44-45H,3,18-19,42-43H2. The van der Waals surface area contributed by atoms with Crippen LogP contribution in [0.4, 0.5) is 17.1 Å². The molecule has 2 aliphatic rings. The summed E-state index contributed by atoms with van der Waals surface area (Å²) in [5.41, 5.74) is 22.4. The largest absolute Gasteiger partial charge is 0.310 e. The van der Waals surface area contributed by atoms with Crippen LogP contribution in [0.2, 0.25) is 0 Å². The lowest BCUT2D eigenvalue weighted by atomic mass is 9.68. The molecule has 0 amide bonds. The van der Waals surface area contributed by atoms with Crippen molar-refractivity contribution in [1.29, 1.82) is 0 Å². The number of fused-ring (bicyclic) bond motifs is 8. The summed E-state index contributed by atoms with van der Waals surface area (Å²) in [5.74, 6) is 0. The zero-order valence-corrected chi connectivity index (χ0v) is 38.0. The highest BCUT2D eigenvalue weighted by atomic mass is 15.1. The maximum atomic E-state index is 2.56. The highest BCUT2D eigenvalue weighted by Crippen LogP contribution is 2.57. The Balaban J connectivity index is 1.05. The van der Waals surface area contributed by atoms with E-state index in [2.05, 4.69) is 252 Å². The van der Waals surface area contributed by atoms with Gasteiger partial charge in [-0.15, -0.1) is 0 Å². The second-order valence-electron chi connectivity index (χ2n) is 18.7. The molecule has 1 spiro atoms. The summed E-state index contributed by atoms with van der Waals surface area (Å²) in [7, 11) is 0. The fourth-order valence-corrected chi connectivity index (χ4v) is 12.0. The van der Waals surface area contributed by atoms with E-state index < -0.39 is 0 Å². The van der Waals surface area contributed by atoms with E-state index in [0.29, 0.717) is 0 Å². The van der Waals surface area contributed by atoms with Crippen LogP contribution in [0, 0.1) is 0 Å². The van der Waals surface area contributed by atoms with Gasteiger partial charge in [-0.1, -0.05) is 213 Å². The van der Waals surface area contributed by atoms with E-state index in [0.717, 1.165) is 17.1 Å². The van der Waals surface area contributed by atoms with Crippen LogP contribution in [0.25, 0.3) is 83.1 Å². The molecule has 0 atom stereocenters. The van der Waals surface area contributed by atoms with Crippen LogP contribution >= 0.6 is 0 Å². The molecule has 0 unspecified atom stereocenters. The van der Waals surface area contributed by atoms with Crippen LogP contribution in [0.1, 0.15) is 43.2 Å². The van der Waals surface area contributed by atoms with Gasteiger partial charge in [0, 0.05) is 44.4 Å². The van der Waals surface area contributed by atoms with Gasteiger partial charge in [0.2, 0.25) is 0 Å². The molecule has 2 heteroatoms. The van der Waals surface area contributed by atoms with Crippen LogP contribution in [-0.4, -0.2) is 4.57 Å². The Morgan fingerprint density at radius 3 is 1.68 bits per heavy atom. The van der Waals surface area contributed by atoms with Gasteiger partial charge in [0.05, 0.1) is 16.7 Å². The molecular formula is C66H50N2. The lowest BCUT2D eigenvalue weighted by molar-refractivity contribution is 0.353. The van der Waals surface area contributed by atoms with Gasteiger partial charge >= 0.3 is 0 Å². The topological polar surface area (TPSA) is 8.17 Å². The van der Waals surface area contributed by atoms with Gasteiger partial charge in [0.15, 0.2) is 0 Å². The molecule has 0 radical (unpaired) electrons. The molecular weight excluding hydrogens is 821 g/mol. The summed E-state index contributed by atoms with van der Waals surface area (Å²) in [5, 5.41) is 2.50. The van der Waals surface area contributed by atoms with Crippen molar-refractivity contribution in [1.82, 2.24) is 4.57 Å². The Morgan fingerprint density at radius 2 is 0.882 bits per heavy atom.